The zero-order valence-corrected chi connectivity index (χ0v) is 22.3. The molecule has 2 N–H and O–H groups in total. The summed E-state index contributed by atoms with van der Waals surface area (Å²) < 4.78 is 16.1. The van der Waals surface area contributed by atoms with Crippen molar-refractivity contribution in [1.29, 1.82) is 0 Å². The number of H-pyrrole nitrogens is 1. The van der Waals surface area contributed by atoms with Crippen molar-refractivity contribution < 1.29 is 28.9 Å². The van der Waals surface area contributed by atoms with Gasteiger partial charge in [-0.05, 0) is 60.9 Å². The zero-order valence-electron chi connectivity index (χ0n) is 22.3. The van der Waals surface area contributed by atoms with E-state index in [0.29, 0.717) is 23.5 Å². The summed E-state index contributed by atoms with van der Waals surface area (Å²) in [5.74, 6) is -0.0246. The molecular weight excluding hydrogens is 496 g/mol. The van der Waals surface area contributed by atoms with E-state index in [1.54, 1.807) is 25.3 Å². The summed E-state index contributed by atoms with van der Waals surface area (Å²) in [5, 5.41) is 12.4. The number of aryl methyl sites for hydroxylation is 1. The van der Waals surface area contributed by atoms with Crippen LogP contribution in [0.15, 0.2) is 72.4 Å². The number of methoxy groups -OCH3 is 3. The van der Waals surface area contributed by atoms with Crippen LogP contribution < -0.4 is 14.2 Å². The van der Waals surface area contributed by atoms with Crippen molar-refractivity contribution in [3.63, 3.8) is 0 Å². The predicted octanol–water partition coefficient (Wildman–Crippen LogP) is 5.17. The van der Waals surface area contributed by atoms with E-state index in [9.17, 15) is 14.7 Å². The molecule has 3 aromatic carbocycles. The van der Waals surface area contributed by atoms with Crippen molar-refractivity contribution in [2.45, 2.75) is 19.4 Å². The first-order chi connectivity index (χ1) is 18.9. The number of hydrogen-bond acceptors (Lipinski definition) is 6. The highest BCUT2D eigenvalue weighted by molar-refractivity contribution is 6.46. The number of aliphatic hydroxyl groups excluding tert-OH is 1. The molecule has 8 nitrogen and oxygen atoms in total. The molecule has 1 saturated heterocycles. The highest BCUT2D eigenvalue weighted by Crippen LogP contribution is 2.41. The largest absolute Gasteiger partial charge is 0.507 e. The Hall–Kier alpha value is -4.72. The Bertz CT molecular complexity index is 1580. The number of ether oxygens (including phenoxy) is 3. The average molecular weight is 527 g/mol. The molecule has 4 aromatic rings. The van der Waals surface area contributed by atoms with Crippen molar-refractivity contribution in [2.75, 3.05) is 27.9 Å². The minimum atomic E-state index is -0.751. The fraction of sp³-hybridized carbons (Fsp3) is 0.226. The molecule has 0 bridgehead atoms. The molecule has 2 heterocycles. The second-order valence-corrected chi connectivity index (χ2v) is 9.45. The van der Waals surface area contributed by atoms with Gasteiger partial charge in [-0.15, -0.1) is 0 Å². The molecule has 0 unspecified atom stereocenters. The number of nitrogens with zero attached hydrogens (tertiary/aromatic N) is 1. The summed E-state index contributed by atoms with van der Waals surface area (Å²) in [6.07, 6.45) is 2.41. The van der Waals surface area contributed by atoms with E-state index in [1.165, 1.54) is 19.1 Å². The van der Waals surface area contributed by atoms with Crippen LogP contribution in [-0.2, 0) is 16.0 Å². The Morgan fingerprint density at radius 3 is 2.36 bits per heavy atom. The summed E-state index contributed by atoms with van der Waals surface area (Å²) in [6, 6.07) is 17.5. The Balaban J connectivity index is 1.56. The van der Waals surface area contributed by atoms with Crippen LogP contribution in [0.2, 0.25) is 0 Å². The molecule has 1 fully saturated rings. The lowest BCUT2D eigenvalue weighted by Gasteiger charge is -2.25. The van der Waals surface area contributed by atoms with Gasteiger partial charge in [0.2, 0.25) is 0 Å². The van der Waals surface area contributed by atoms with Gasteiger partial charge in [0.1, 0.15) is 11.5 Å². The molecule has 1 atom stereocenters. The number of aromatic amines is 1. The molecule has 39 heavy (non-hydrogen) atoms. The highest BCUT2D eigenvalue weighted by atomic mass is 16.5. The lowest BCUT2D eigenvalue weighted by atomic mass is 9.94. The Morgan fingerprint density at radius 1 is 0.923 bits per heavy atom. The van der Waals surface area contributed by atoms with Crippen LogP contribution in [0.25, 0.3) is 16.7 Å². The summed E-state index contributed by atoms with van der Waals surface area (Å²) in [6.45, 7) is 2.24. The van der Waals surface area contributed by atoms with Crippen LogP contribution in [0.4, 0.5) is 0 Å². The standard InChI is InChI=1S/C31H30N2O6/c1-18-5-7-19(8-6-18)28-27(29(34)20-9-12-25(38-3)26(15-20)39-4)30(35)31(36)33(28)14-13-21-17-32-24-11-10-22(37-2)16-23(21)24/h5-12,15-17,28,32,34H,13-14H2,1-4H3/t28-/m1/s1. The third kappa shape index (κ3) is 4.69. The number of ketones is 1. The maximum absolute atomic E-state index is 13.4. The Kier molecular flexibility index (Phi) is 7.02. The lowest BCUT2D eigenvalue weighted by molar-refractivity contribution is -0.139. The minimum Gasteiger partial charge on any atom is -0.507 e. The monoisotopic (exact) mass is 526 g/mol. The van der Waals surface area contributed by atoms with Crippen molar-refractivity contribution in [3.05, 3.63) is 94.7 Å². The van der Waals surface area contributed by atoms with E-state index >= 15 is 0 Å². The second-order valence-electron chi connectivity index (χ2n) is 9.45. The van der Waals surface area contributed by atoms with Gasteiger partial charge in [0, 0.05) is 29.2 Å². The zero-order chi connectivity index (χ0) is 27.7. The molecule has 0 spiro atoms. The molecule has 5 rings (SSSR count). The Labute approximate surface area is 226 Å². The number of benzene rings is 3. The van der Waals surface area contributed by atoms with E-state index in [1.807, 2.05) is 55.6 Å². The van der Waals surface area contributed by atoms with Gasteiger partial charge >= 0.3 is 0 Å². The second kappa shape index (κ2) is 10.6. The molecular formula is C31H30N2O6. The lowest BCUT2D eigenvalue weighted by Crippen LogP contribution is -2.31. The van der Waals surface area contributed by atoms with E-state index in [4.69, 9.17) is 14.2 Å². The number of nitrogens with one attached hydrogen (secondary N) is 1. The molecule has 1 aliphatic rings. The third-order valence-corrected chi connectivity index (χ3v) is 7.19. The first-order valence-electron chi connectivity index (χ1n) is 12.6. The van der Waals surface area contributed by atoms with E-state index < -0.39 is 17.7 Å². The van der Waals surface area contributed by atoms with Gasteiger partial charge in [-0.2, -0.15) is 0 Å². The molecule has 0 radical (unpaired) electrons. The number of Topliss-reactive ketones (excluding diaryl/α,β-unsaturated/α-hetero) is 1. The van der Waals surface area contributed by atoms with Gasteiger partial charge in [-0.3, -0.25) is 9.59 Å². The number of aromatic nitrogens is 1. The number of fused-ring (bicyclic) bond motifs is 1. The van der Waals surface area contributed by atoms with Crippen LogP contribution in [0.3, 0.4) is 0 Å². The van der Waals surface area contributed by atoms with E-state index in [-0.39, 0.29) is 17.9 Å². The fourth-order valence-corrected chi connectivity index (χ4v) is 5.08. The summed E-state index contributed by atoms with van der Waals surface area (Å²) >= 11 is 0. The summed E-state index contributed by atoms with van der Waals surface area (Å²) in [5.41, 5.74) is 4.12. The van der Waals surface area contributed by atoms with Gasteiger partial charge in [0.15, 0.2) is 11.5 Å². The number of amides is 1. The minimum absolute atomic E-state index is 0.0386. The average Bonchev–Trinajstić information content (AvgIpc) is 3.48. The number of rotatable bonds is 8. The summed E-state index contributed by atoms with van der Waals surface area (Å²) in [4.78, 5) is 31.6. The SMILES string of the molecule is COc1ccc2[nH]cc(CCN3C(=O)C(=O)C(=C(O)c4ccc(OC)c(OC)c4)[C@H]3c3ccc(C)cc3)c2c1. The molecule has 8 heteroatoms. The van der Waals surface area contributed by atoms with Crippen molar-refractivity contribution in [3.8, 4) is 17.2 Å². The van der Waals surface area contributed by atoms with Gasteiger partial charge in [-0.25, -0.2) is 0 Å². The molecule has 0 aliphatic carbocycles. The third-order valence-electron chi connectivity index (χ3n) is 7.19. The Morgan fingerprint density at radius 2 is 1.67 bits per heavy atom. The van der Waals surface area contributed by atoms with Crippen molar-refractivity contribution in [1.82, 2.24) is 9.88 Å². The van der Waals surface area contributed by atoms with Gasteiger partial charge < -0.3 is 29.2 Å². The maximum Gasteiger partial charge on any atom is 0.295 e. The number of carbonyl (C=O) groups excluding carboxylic acids is 2. The van der Waals surface area contributed by atoms with E-state index in [0.717, 1.165) is 33.3 Å². The first-order valence-corrected chi connectivity index (χ1v) is 12.6. The quantitative estimate of drug-likeness (QED) is 0.187. The molecule has 1 amide bonds. The first kappa shape index (κ1) is 25.9. The number of hydrogen-bond donors (Lipinski definition) is 2. The van der Waals surface area contributed by atoms with Crippen molar-refractivity contribution >= 4 is 28.4 Å². The van der Waals surface area contributed by atoms with E-state index in [2.05, 4.69) is 4.98 Å². The maximum atomic E-state index is 13.4. The van der Waals surface area contributed by atoms with Crippen LogP contribution in [-0.4, -0.2) is 54.6 Å². The molecule has 200 valence electrons. The molecule has 1 aromatic heterocycles. The van der Waals surface area contributed by atoms with Crippen molar-refractivity contribution in [2.24, 2.45) is 0 Å². The normalized spacial score (nSPS) is 16.6. The van der Waals surface area contributed by atoms with Crippen LogP contribution >= 0.6 is 0 Å². The number of likely N-dealkylation sites (tertiary alicyclic amines) is 1. The van der Waals surface area contributed by atoms with Gasteiger partial charge in [0.05, 0.1) is 32.9 Å². The number of aliphatic hydroxyl groups is 1. The number of carbonyl (C=O) groups is 2. The smallest absolute Gasteiger partial charge is 0.295 e. The highest BCUT2D eigenvalue weighted by Gasteiger charge is 2.46. The van der Waals surface area contributed by atoms with Crippen LogP contribution in [0, 0.1) is 6.92 Å². The van der Waals surface area contributed by atoms with Gasteiger partial charge in [0.25, 0.3) is 11.7 Å². The summed E-state index contributed by atoms with van der Waals surface area (Å²) in [7, 11) is 4.63. The molecule has 0 saturated carbocycles. The topological polar surface area (TPSA) is 101 Å². The van der Waals surface area contributed by atoms with Crippen LogP contribution in [0.1, 0.15) is 28.3 Å². The predicted molar refractivity (Wildman–Crippen MR) is 148 cm³/mol. The molecule has 1 aliphatic heterocycles. The van der Waals surface area contributed by atoms with Gasteiger partial charge in [-0.1, -0.05) is 29.8 Å². The van der Waals surface area contributed by atoms with Crippen LogP contribution in [0.5, 0.6) is 17.2 Å². The fourth-order valence-electron chi connectivity index (χ4n) is 5.08.